The summed E-state index contributed by atoms with van der Waals surface area (Å²) in [6.45, 7) is 3.19. The van der Waals surface area contributed by atoms with Gasteiger partial charge in [0.25, 0.3) is 5.91 Å². The number of amides is 1. The summed E-state index contributed by atoms with van der Waals surface area (Å²) in [7, 11) is 0. The molecule has 0 unspecified atom stereocenters. The quantitative estimate of drug-likeness (QED) is 0.628. The minimum Gasteiger partial charge on any atom is -0.470 e. The van der Waals surface area contributed by atoms with Crippen LogP contribution in [0.25, 0.3) is 0 Å². The highest BCUT2D eigenvalue weighted by Crippen LogP contribution is 2.49. The van der Waals surface area contributed by atoms with Gasteiger partial charge in [0.1, 0.15) is 11.7 Å². The Balaban J connectivity index is 1.83. The molecule has 0 radical (unpaired) electrons. The Morgan fingerprint density at radius 1 is 1.23 bits per heavy atom. The summed E-state index contributed by atoms with van der Waals surface area (Å²) >= 11 is 0. The number of aryl methyl sites for hydroxylation is 1. The van der Waals surface area contributed by atoms with Gasteiger partial charge in [0.2, 0.25) is 12.1 Å². The second kappa shape index (κ2) is 5.66. The van der Waals surface area contributed by atoms with Crippen molar-refractivity contribution in [2.45, 2.75) is 25.4 Å². The van der Waals surface area contributed by atoms with Gasteiger partial charge in [0, 0.05) is 10.5 Å². The van der Waals surface area contributed by atoms with Crippen LogP contribution >= 0.6 is 0 Å². The Kier molecular flexibility index (Phi) is 3.54. The number of hydrogen-bond acceptors (Lipinski definition) is 5. The summed E-state index contributed by atoms with van der Waals surface area (Å²) in [5.41, 5.74) is 1.19. The number of hydrazone groups is 1. The van der Waals surface area contributed by atoms with Crippen LogP contribution in [0.1, 0.15) is 24.0 Å². The van der Waals surface area contributed by atoms with Crippen molar-refractivity contribution in [3.8, 4) is 5.75 Å². The largest absolute Gasteiger partial charge is 0.470 e. The van der Waals surface area contributed by atoms with Gasteiger partial charge in [-0.15, -0.1) is 0 Å². The lowest BCUT2D eigenvalue weighted by Crippen LogP contribution is -2.54. The number of anilines is 1. The average Bonchev–Trinajstić information content (AvgIpc) is 3.06. The number of hydrogen-bond donors (Lipinski definition) is 0. The van der Waals surface area contributed by atoms with E-state index in [1.165, 1.54) is 5.01 Å². The molecule has 132 valence electrons. The molecule has 0 aromatic heterocycles. The Morgan fingerprint density at radius 3 is 2.65 bits per heavy atom. The fraction of sp³-hybridized carbons (Fsp3) is 0.263. The van der Waals surface area contributed by atoms with Gasteiger partial charge < -0.3 is 4.74 Å². The molecule has 0 saturated carbocycles. The standard InChI is InChI=1S/C19H17N3O4/c1-12-8-9-17-15(10-12)16(11-21(24)25)19(26-17)13(2)20-22(18(19)23)14-6-4-3-5-7-14/h3-10,16H,11H2,1-2H3/t16-,19+/m1/s1. The van der Waals surface area contributed by atoms with E-state index in [4.69, 9.17) is 4.74 Å². The Hall–Kier alpha value is -3.22. The van der Waals surface area contributed by atoms with E-state index in [-0.39, 0.29) is 0 Å². The Labute approximate surface area is 150 Å². The number of rotatable bonds is 3. The number of nitro groups is 1. The maximum atomic E-state index is 13.3. The van der Waals surface area contributed by atoms with E-state index in [1.54, 1.807) is 37.3 Å². The summed E-state index contributed by atoms with van der Waals surface area (Å²) < 4.78 is 6.07. The van der Waals surface area contributed by atoms with Crippen LogP contribution in [0.2, 0.25) is 0 Å². The van der Waals surface area contributed by atoms with Crippen LogP contribution in [0, 0.1) is 17.0 Å². The monoisotopic (exact) mass is 351 g/mol. The van der Waals surface area contributed by atoms with E-state index in [1.807, 2.05) is 25.1 Å². The molecule has 2 aromatic carbocycles. The van der Waals surface area contributed by atoms with Crippen molar-refractivity contribution in [3.05, 3.63) is 69.8 Å². The molecule has 0 aliphatic carbocycles. The number of carbonyl (C=O) groups is 1. The zero-order valence-electron chi connectivity index (χ0n) is 14.4. The van der Waals surface area contributed by atoms with Crippen molar-refractivity contribution >= 4 is 17.3 Å². The van der Waals surface area contributed by atoms with Crippen molar-refractivity contribution in [2.75, 3.05) is 11.6 Å². The predicted octanol–water partition coefficient (Wildman–Crippen LogP) is 2.91. The highest BCUT2D eigenvalue weighted by Gasteiger charge is 2.63. The molecule has 0 saturated heterocycles. The molecule has 2 heterocycles. The summed E-state index contributed by atoms with van der Waals surface area (Å²) in [5, 5.41) is 17.0. The van der Waals surface area contributed by atoms with Crippen LogP contribution in [-0.4, -0.2) is 28.7 Å². The van der Waals surface area contributed by atoms with Crippen LogP contribution in [-0.2, 0) is 4.79 Å². The normalized spacial score (nSPS) is 23.8. The second-order valence-corrected chi connectivity index (χ2v) is 6.58. The van der Waals surface area contributed by atoms with Gasteiger partial charge >= 0.3 is 0 Å². The minimum absolute atomic E-state index is 0.401. The third-order valence-electron chi connectivity index (χ3n) is 4.93. The van der Waals surface area contributed by atoms with Crippen LogP contribution < -0.4 is 9.75 Å². The molecule has 7 heteroatoms. The lowest BCUT2D eigenvalue weighted by molar-refractivity contribution is -0.484. The molecule has 2 aliphatic heterocycles. The van der Waals surface area contributed by atoms with Crippen LogP contribution in [0.4, 0.5) is 5.69 Å². The zero-order chi connectivity index (χ0) is 18.5. The molecule has 7 nitrogen and oxygen atoms in total. The third-order valence-corrected chi connectivity index (χ3v) is 4.93. The molecule has 2 atom stereocenters. The van der Waals surface area contributed by atoms with Crippen LogP contribution in [0.5, 0.6) is 5.75 Å². The molecule has 26 heavy (non-hydrogen) atoms. The first-order valence-electron chi connectivity index (χ1n) is 8.30. The molecule has 2 aromatic rings. The van der Waals surface area contributed by atoms with E-state index >= 15 is 0 Å². The van der Waals surface area contributed by atoms with Gasteiger partial charge in [-0.3, -0.25) is 14.9 Å². The summed E-state index contributed by atoms with van der Waals surface area (Å²) in [6.07, 6.45) is 0. The Morgan fingerprint density at radius 2 is 1.96 bits per heavy atom. The van der Waals surface area contributed by atoms with Crippen molar-refractivity contribution in [1.82, 2.24) is 0 Å². The number of ether oxygens (including phenoxy) is 1. The van der Waals surface area contributed by atoms with E-state index in [9.17, 15) is 14.9 Å². The van der Waals surface area contributed by atoms with E-state index in [0.717, 1.165) is 5.56 Å². The SMILES string of the molecule is CC1=NN(c2ccccc2)C(=O)[C@]12Oc1ccc(C)cc1[C@H]2C[N+](=O)[O-]. The minimum atomic E-state index is -1.47. The number of para-hydroxylation sites is 1. The zero-order valence-corrected chi connectivity index (χ0v) is 14.4. The highest BCUT2D eigenvalue weighted by atomic mass is 16.6. The van der Waals surface area contributed by atoms with Crippen LogP contribution in [0.15, 0.2) is 53.6 Å². The van der Waals surface area contributed by atoms with E-state index in [0.29, 0.717) is 22.7 Å². The molecule has 4 rings (SSSR count). The first-order chi connectivity index (χ1) is 12.4. The summed E-state index contributed by atoms with van der Waals surface area (Å²) in [6, 6.07) is 14.5. The molecule has 0 N–H and O–H groups in total. The van der Waals surface area contributed by atoms with Crippen molar-refractivity contribution in [2.24, 2.45) is 5.10 Å². The lowest BCUT2D eigenvalue weighted by atomic mass is 9.80. The van der Waals surface area contributed by atoms with Crippen molar-refractivity contribution < 1.29 is 14.5 Å². The number of nitrogens with zero attached hydrogens (tertiary/aromatic N) is 3. The highest BCUT2D eigenvalue weighted by molar-refractivity contribution is 6.23. The smallest absolute Gasteiger partial charge is 0.298 e. The van der Waals surface area contributed by atoms with Crippen molar-refractivity contribution in [3.63, 3.8) is 0 Å². The molecule has 1 amide bonds. The van der Waals surface area contributed by atoms with Gasteiger partial charge in [-0.2, -0.15) is 10.1 Å². The topological polar surface area (TPSA) is 85.0 Å². The van der Waals surface area contributed by atoms with Gasteiger partial charge in [0.05, 0.1) is 11.4 Å². The molecule has 0 fully saturated rings. The summed E-state index contributed by atoms with van der Waals surface area (Å²) in [4.78, 5) is 24.3. The van der Waals surface area contributed by atoms with Gasteiger partial charge in [-0.25, -0.2) is 0 Å². The molecule has 1 spiro atoms. The second-order valence-electron chi connectivity index (χ2n) is 6.58. The molecule has 2 aliphatic rings. The van der Waals surface area contributed by atoms with Crippen molar-refractivity contribution in [1.29, 1.82) is 0 Å². The third kappa shape index (κ3) is 2.20. The fourth-order valence-corrected chi connectivity index (χ4v) is 3.72. The van der Waals surface area contributed by atoms with Gasteiger partial charge in [-0.1, -0.05) is 35.9 Å². The maximum Gasteiger partial charge on any atom is 0.298 e. The maximum absolute atomic E-state index is 13.3. The lowest BCUT2D eigenvalue weighted by Gasteiger charge is -2.27. The molecule has 0 bridgehead atoms. The summed E-state index contributed by atoms with van der Waals surface area (Å²) in [5.74, 6) is -0.625. The molecular weight excluding hydrogens is 334 g/mol. The number of fused-ring (bicyclic) bond motifs is 1. The van der Waals surface area contributed by atoms with Crippen LogP contribution in [0.3, 0.4) is 0 Å². The first kappa shape index (κ1) is 16.3. The van der Waals surface area contributed by atoms with E-state index in [2.05, 4.69) is 5.10 Å². The van der Waals surface area contributed by atoms with E-state index < -0.39 is 28.9 Å². The predicted molar refractivity (Wildman–Crippen MR) is 96.2 cm³/mol. The fourth-order valence-electron chi connectivity index (χ4n) is 3.72. The average molecular weight is 351 g/mol. The molecular formula is C19H17N3O4. The number of carbonyl (C=O) groups excluding carboxylic acids is 1. The Bertz CT molecular complexity index is 941. The van der Waals surface area contributed by atoms with Gasteiger partial charge in [-0.05, 0) is 32.0 Å². The first-order valence-corrected chi connectivity index (χ1v) is 8.30. The van der Waals surface area contributed by atoms with Gasteiger partial charge in [0.15, 0.2) is 0 Å². The number of benzene rings is 2.